The molecule has 0 radical (unpaired) electrons. The Bertz CT molecular complexity index is 977. The van der Waals surface area contributed by atoms with Gasteiger partial charge in [-0.1, -0.05) is 0 Å². The van der Waals surface area contributed by atoms with Gasteiger partial charge in [0.1, 0.15) is 16.5 Å². The number of hydrogen-bond donors (Lipinski definition) is 1. The summed E-state index contributed by atoms with van der Waals surface area (Å²) in [5.74, 6) is 0.464. The summed E-state index contributed by atoms with van der Waals surface area (Å²) in [6.45, 7) is 5.22. The summed E-state index contributed by atoms with van der Waals surface area (Å²) < 4.78 is 5.16. The van der Waals surface area contributed by atoms with Gasteiger partial charge in [-0.05, 0) is 62.4 Å². The number of aromatic nitrogens is 1. The molecule has 2 amide bonds. The van der Waals surface area contributed by atoms with Gasteiger partial charge in [-0.15, -0.1) is 11.3 Å². The van der Waals surface area contributed by atoms with Crippen LogP contribution in [0.5, 0.6) is 5.75 Å². The van der Waals surface area contributed by atoms with Crippen molar-refractivity contribution in [2.75, 3.05) is 25.5 Å². The topological polar surface area (TPSA) is 71.5 Å². The monoisotopic (exact) mass is 409 g/mol. The number of nitrogens with one attached hydrogen (secondary N) is 1. The second-order valence-electron chi connectivity index (χ2n) is 6.28. The highest BCUT2D eigenvalue weighted by Gasteiger charge is 2.14. The number of rotatable bonds is 7. The van der Waals surface area contributed by atoms with Crippen molar-refractivity contribution in [1.29, 1.82) is 0 Å². The minimum Gasteiger partial charge on any atom is -0.497 e. The molecule has 1 N–H and O–H groups in total. The number of benzene rings is 2. The van der Waals surface area contributed by atoms with E-state index in [4.69, 9.17) is 4.74 Å². The van der Waals surface area contributed by atoms with E-state index in [1.54, 1.807) is 41.7 Å². The molecule has 2 aromatic carbocycles. The maximum absolute atomic E-state index is 12.5. The summed E-state index contributed by atoms with van der Waals surface area (Å²) in [6, 6.07) is 14.4. The van der Waals surface area contributed by atoms with Gasteiger partial charge in [0, 0.05) is 35.3 Å². The Kier molecular flexibility index (Phi) is 6.61. The first kappa shape index (κ1) is 20.5. The molecule has 1 aromatic heterocycles. The van der Waals surface area contributed by atoms with Crippen LogP contribution in [0.2, 0.25) is 0 Å². The van der Waals surface area contributed by atoms with Crippen LogP contribution in [0.1, 0.15) is 34.7 Å². The van der Waals surface area contributed by atoms with Gasteiger partial charge in [0.05, 0.1) is 7.11 Å². The third-order valence-corrected chi connectivity index (χ3v) is 5.41. The second-order valence-corrected chi connectivity index (χ2v) is 7.13. The van der Waals surface area contributed by atoms with Gasteiger partial charge >= 0.3 is 0 Å². The third kappa shape index (κ3) is 4.81. The van der Waals surface area contributed by atoms with Gasteiger partial charge in [0.15, 0.2) is 0 Å². The number of ether oxygens (including phenoxy) is 1. The first-order valence-corrected chi connectivity index (χ1v) is 10.2. The summed E-state index contributed by atoms with van der Waals surface area (Å²) in [5, 5.41) is 5.32. The molecule has 0 saturated carbocycles. The lowest BCUT2D eigenvalue weighted by Gasteiger charge is -2.18. The quantitative estimate of drug-likeness (QED) is 0.621. The maximum atomic E-state index is 12.5. The van der Waals surface area contributed by atoms with Crippen molar-refractivity contribution in [3.63, 3.8) is 0 Å². The Morgan fingerprint density at radius 1 is 1.03 bits per heavy atom. The van der Waals surface area contributed by atoms with Crippen LogP contribution in [0.25, 0.3) is 10.6 Å². The number of amides is 2. The number of carbonyl (C=O) groups excluding carboxylic acids is 2. The molecule has 3 rings (SSSR count). The predicted octanol–water partition coefficient (Wildman–Crippen LogP) is 4.55. The Labute approximate surface area is 174 Å². The number of methoxy groups -OCH3 is 1. The summed E-state index contributed by atoms with van der Waals surface area (Å²) in [7, 11) is 1.62. The molecule has 3 aromatic rings. The zero-order valence-corrected chi connectivity index (χ0v) is 17.5. The van der Waals surface area contributed by atoms with Gasteiger partial charge in [0.2, 0.25) is 0 Å². The van der Waals surface area contributed by atoms with E-state index < -0.39 is 0 Å². The molecular formula is C22H23N3O3S. The average Bonchev–Trinajstić information content (AvgIpc) is 3.25. The fourth-order valence-electron chi connectivity index (χ4n) is 2.83. The van der Waals surface area contributed by atoms with E-state index in [1.807, 2.05) is 38.1 Å². The van der Waals surface area contributed by atoms with Crippen molar-refractivity contribution < 1.29 is 14.3 Å². The van der Waals surface area contributed by atoms with Crippen LogP contribution in [0.15, 0.2) is 53.9 Å². The van der Waals surface area contributed by atoms with Gasteiger partial charge in [-0.2, -0.15) is 0 Å². The molecule has 7 heteroatoms. The largest absolute Gasteiger partial charge is 0.497 e. The predicted molar refractivity (Wildman–Crippen MR) is 116 cm³/mol. The fraction of sp³-hybridized carbons (Fsp3) is 0.227. The minimum atomic E-state index is -0.288. The van der Waals surface area contributed by atoms with Crippen LogP contribution in [0.4, 0.5) is 5.69 Å². The molecule has 0 spiro atoms. The van der Waals surface area contributed by atoms with Gasteiger partial charge in [-0.25, -0.2) is 4.98 Å². The number of hydrogen-bond acceptors (Lipinski definition) is 5. The molecule has 150 valence electrons. The molecule has 0 aliphatic rings. The Hall–Kier alpha value is -3.19. The van der Waals surface area contributed by atoms with Crippen LogP contribution < -0.4 is 10.1 Å². The van der Waals surface area contributed by atoms with Gasteiger partial charge < -0.3 is 15.0 Å². The van der Waals surface area contributed by atoms with Crippen molar-refractivity contribution in [1.82, 2.24) is 9.88 Å². The third-order valence-electron chi connectivity index (χ3n) is 4.51. The number of carbonyl (C=O) groups is 2. The Morgan fingerprint density at radius 2 is 1.69 bits per heavy atom. The number of thiazole rings is 1. The first-order chi connectivity index (χ1) is 14.0. The zero-order chi connectivity index (χ0) is 20.8. The van der Waals surface area contributed by atoms with E-state index >= 15 is 0 Å². The van der Waals surface area contributed by atoms with E-state index in [1.165, 1.54) is 11.3 Å². The molecule has 0 aliphatic heterocycles. The lowest BCUT2D eigenvalue weighted by atomic mass is 10.1. The van der Waals surface area contributed by atoms with Crippen molar-refractivity contribution in [2.24, 2.45) is 0 Å². The van der Waals surface area contributed by atoms with Crippen molar-refractivity contribution in [3.05, 3.63) is 65.2 Å². The normalized spacial score (nSPS) is 10.4. The lowest BCUT2D eigenvalue weighted by Crippen LogP contribution is -2.30. The number of anilines is 1. The fourth-order valence-corrected chi connectivity index (χ4v) is 3.64. The highest BCUT2D eigenvalue weighted by Crippen LogP contribution is 2.26. The summed E-state index contributed by atoms with van der Waals surface area (Å²) in [6.07, 6.45) is 0. The van der Waals surface area contributed by atoms with Crippen molar-refractivity contribution in [3.8, 4) is 16.3 Å². The van der Waals surface area contributed by atoms with E-state index in [2.05, 4.69) is 10.3 Å². The second kappa shape index (κ2) is 9.34. The number of nitrogens with zero attached hydrogens (tertiary/aromatic N) is 2. The zero-order valence-electron chi connectivity index (χ0n) is 16.6. The molecule has 0 aliphatic carbocycles. The van der Waals surface area contributed by atoms with E-state index in [0.717, 1.165) is 16.3 Å². The standard InChI is InChI=1S/C22H23N3O3S/c1-4-25(5-2)22(27)16-6-10-17(11-7-16)23-20(26)19-14-29-21(24-19)15-8-12-18(28-3)13-9-15/h6-14H,4-5H2,1-3H3,(H,23,26). The van der Waals surface area contributed by atoms with E-state index in [9.17, 15) is 9.59 Å². The summed E-state index contributed by atoms with van der Waals surface area (Å²) in [5.41, 5.74) is 2.49. The molecule has 29 heavy (non-hydrogen) atoms. The molecule has 6 nitrogen and oxygen atoms in total. The SMILES string of the molecule is CCN(CC)C(=O)c1ccc(NC(=O)c2csc(-c3ccc(OC)cc3)n2)cc1. The molecule has 0 bridgehead atoms. The van der Waals surface area contributed by atoms with Gasteiger partial charge in [-0.3, -0.25) is 9.59 Å². The molecule has 1 heterocycles. The average molecular weight is 410 g/mol. The molecule has 0 atom stereocenters. The van der Waals surface area contributed by atoms with Crippen LogP contribution in [-0.4, -0.2) is 41.9 Å². The van der Waals surface area contributed by atoms with Crippen molar-refractivity contribution >= 4 is 28.8 Å². The highest BCUT2D eigenvalue weighted by atomic mass is 32.1. The minimum absolute atomic E-state index is 0.0171. The van der Waals surface area contributed by atoms with Gasteiger partial charge in [0.25, 0.3) is 11.8 Å². The van der Waals surface area contributed by atoms with E-state index in [-0.39, 0.29) is 11.8 Å². The molecule has 0 unspecified atom stereocenters. The maximum Gasteiger partial charge on any atom is 0.275 e. The van der Waals surface area contributed by atoms with Crippen LogP contribution in [0, 0.1) is 0 Å². The highest BCUT2D eigenvalue weighted by molar-refractivity contribution is 7.13. The summed E-state index contributed by atoms with van der Waals surface area (Å²) in [4.78, 5) is 31.1. The van der Waals surface area contributed by atoms with Crippen LogP contribution in [0.3, 0.4) is 0 Å². The molecule has 0 fully saturated rings. The summed E-state index contributed by atoms with van der Waals surface area (Å²) >= 11 is 1.41. The van der Waals surface area contributed by atoms with Crippen LogP contribution >= 0.6 is 11.3 Å². The molecular weight excluding hydrogens is 386 g/mol. The smallest absolute Gasteiger partial charge is 0.275 e. The lowest BCUT2D eigenvalue weighted by molar-refractivity contribution is 0.0773. The first-order valence-electron chi connectivity index (χ1n) is 9.36. The Balaban J connectivity index is 1.67. The molecule has 0 saturated heterocycles. The van der Waals surface area contributed by atoms with Crippen molar-refractivity contribution in [2.45, 2.75) is 13.8 Å². The van der Waals surface area contributed by atoms with Crippen LogP contribution in [-0.2, 0) is 0 Å². The van der Waals surface area contributed by atoms with E-state index in [0.29, 0.717) is 30.0 Å². The Morgan fingerprint density at radius 3 is 2.28 bits per heavy atom.